The number of nitriles is 1. The van der Waals surface area contributed by atoms with E-state index in [0.717, 1.165) is 11.1 Å². The Morgan fingerprint density at radius 1 is 1.03 bits per heavy atom. The molecular formula is C26H21FN2O5. The number of allylic oxidation sites excluding steroid dienone is 1. The fourth-order valence-electron chi connectivity index (χ4n) is 4.07. The van der Waals surface area contributed by atoms with Gasteiger partial charge in [-0.25, -0.2) is 4.39 Å². The third-order valence-electron chi connectivity index (χ3n) is 5.59. The highest BCUT2D eigenvalue weighted by molar-refractivity contribution is 5.62. The smallest absolute Gasteiger partial charge is 0.231 e. The summed E-state index contributed by atoms with van der Waals surface area (Å²) in [5.41, 5.74) is 8.58. The predicted molar refractivity (Wildman–Crippen MR) is 120 cm³/mol. The summed E-state index contributed by atoms with van der Waals surface area (Å²) in [5, 5.41) is 9.86. The van der Waals surface area contributed by atoms with E-state index in [2.05, 4.69) is 6.07 Å². The summed E-state index contributed by atoms with van der Waals surface area (Å²) in [6, 6.07) is 17.4. The highest BCUT2D eigenvalue weighted by Crippen LogP contribution is 2.48. The van der Waals surface area contributed by atoms with E-state index < -0.39 is 5.92 Å². The van der Waals surface area contributed by atoms with Gasteiger partial charge in [0.25, 0.3) is 0 Å². The molecule has 8 heteroatoms. The molecule has 0 unspecified atom stereocenters. The first-order valence-corrected chi connectivity index (χ1v) is 10.7. The van der Waals surface area contributed by atoms with Crippen molar-refractivity contribution in [2.75, 3.05) is 13.4 Å². The van der Waals surface area contributed by atoms with Gasteiger partial charge in [0, 0.05) is 11.6 Å². The molecule has 34 heavy (non-hydrogen) atoms. The first-order chi connectivity index (χ1) is 16.6. The summed E-state index contributed by atoms with van der Waals surface area (Å²) < 4.78 is 42.0. The zero-order valence-electron chi connectivity index (χ0n) is 18.3. The van der Waals surface area contributed by atoms with E-state index in [0.29, 0.717) is 40.9 Å². The molecule has 172 valence electrons. The highest BCUT2D eigenvalue weighted by atomic mass is 19.1. The van der Waals surface area contributed by atoms with Crippen LogP contribution in [-0.2, 0) is 6.61 Å². The third kappa shape index (κ3) is 3.92. The molecule has 0 aliphatic carbocycles. The van der Waals surface area contributed by atoms with Crippen molar-refractivity contribution in [1.82, 2.24) is 0 Å². The van der Waals surface area contributed by atoms with Crippen molar-refractivity contribution >= 4 is 0 Å². The molecule has 0 amide bonds. The maximum atomic E-state index is 13.5. The van der Waals surface area contributed by atoms with Crippen molar-refractivity contribution in [1.29, 1.82) is 5.26 Å². The van der Waals surface area contributed by atoms with Crippen LogP contribution in [0, 0.1) is 17.1 Å². The molecule has 2 aliphatic heterocycles. The SMILES string of the molecule is CCOc1cc([C@H]2C(C#N)=C(N)Oc3cc4c(cc32)OCO4)ccc1OCc1cccc(F)c1. The van der Waals surface area contributed by atoms with E-state index in [4.69, 9.17) is 29.4 Å². The van der Waals surface area contributed by atoms with Crippen molar-refractivity contribution in [3.63, 3.8) is 0 Å². The molecule has 0 saturated carbocycles. The minimum atomic E-state index is -0.500. The largest absolute Gasteiger partial charge is 0.490 e. The molecule has 2 aliphatic rings. The number of halogens is 1. The molecule has 1 atom stereocenters. The maximum Gasteiger partial charge on any atom is 0.231 e. The molecule has 3 aromatic rings. The normalized spacial score (nSPS) is 15.9. The van der Waals surface area contributed by atoms with Crippen LogP contribution in [0.15, 0.2) is 66.1 Å². The minimum Gasteiger partial charge on any atom is -0.490 e. The van der Waals surface area contributed by atoms with Gasteiger partial charge in [0.1, 0.15) is 29.8 Å². The van der Waals surface area contributed by atoms with Crippen molar-refractivity contribution in [3.8, 4) is 34.8 Å². The standard InChI is InChI=1S/C26H21FN2O5/c1-2-30-22-9-16(6-7-20(22)31-13-15-4-3-5-17(27)8-15)25-18-10-23-24(33-14-32-23)11-21(18)34-26(29)19(25)12-28/h3-11,25H,2,13-14,29H2,1H3/t25-/m1/s1. The number of hydrogen-bond acceptors (Lipinski definition) is 7. The topological polar surface area (TPSA) is 96.0 Å². The van der Waals surface area contributed by atoms with E-state index >= 15 is 0 Å². The molecule has 0 spiro atoms. The lowest BCUT2D eigenvalue weighted by atomic mass is 9.83. The number of ether oxygens (including phenoxy) is 5. The van der Waals surface area contributed by atoms with Crippen LogP contribution >= 0.6 is 0 Å². The molecule has 0 saturated heterocycles. The second-order valence-corrected chi connectivity index (χ2v) is 7.73. The Hall–Kier alpha value is -4.38. The van der Waals surface area contributed by atoms with Gasteiger partial charge in [0.05, 0.1) is 12.5 Å². The molecule has 0 aromatic heterocycles. The van der Waals surface area contributed by atoms with Crippen LogP contribution in [-0.4, -0.2) is 13.4 Å². The minimum absolute atomic E-state index is 0.0308. The lowest BCUT2D eigenvalue weighted by Crippen LogP contribution is -2.21. The quantitative estimate of drug-likeness (QED) is 0.567. The summed E-state index contributed by atoms with van der Waals surface area (Å²) in [6.07, 6.45) is 0. The molecule has 5 rings (SSSR count). The van der Waals surface area contributed by atoms with Gasteiger partial charge in [0.15, 0.2) is 23.0 Å². The van der Waals surface area contributed by atoms with Crippen LogP contribution < -0.4 is 29.4 Å². The van der Waals surface area contributed by atoms with Crippen molar-refractivity contribution in [3.05, 3.63) is 88.6 Å². The monoisotopic (exact) mass is 460 g/mol. The Morgan fingerprint density at radius 2 is 1.85 bits per heavy atom. The Kier molecular flexibility index (Phi) is 5.60. The highest BCUT2D eigenvalue weighted by Gasteiger charge is 2.33. The molecule has 2 heterocycles. The second kappa shape index (κ2) is 8.87. The van der Waals surface area contributed by atoms with E-state index in [9.17, 15) is 9.65 Å². The molecular weight excluding hydrogens is 439 g/mol. The Morgan fingerprint density at radius 3 is 2.62 bits per heavy atom. The van der Waals surface area contributed by atoms with E-state index in [-0.39, 0.29) is 30.7 Å². The van der Waals surface area contributed by atoms with Crippen LogP contribution in [0.5, 0.6) is 28.7 Å². The predicted octanol–water partition coefficient (Wildman–Crippen LogP) is 4.75. The molecule has 0 bridgehead atoms. The van der Waals surface area contributed by atoms with Crippen LogP contribution in [0.3, 0.4) is 0 Å². The number of fused-ring (bicyclic) bond motifs is 2. The van der Waals surface area contributed by atoms with Gasteiger partial charge in [-0.1, -0.05) is 18.2 Å². The Bertz CT molecular complexity index is 1330. The van der Waals surface area contributed by atoms with Crippen molar-refractivity contribution in [2.24, 2.45) is 5.73 Å². The van der Waals surface area contributed by atoms with Gasteiger partial charge >= 0.3 is 0 Å². The van der Waals surface area contributed by atoms with Crippen LogP contribution in [0.25, 0.3) is 0 Å². The zero-order valence-corrected chi connectivity index (χ0v) is 18.3. The van der Waals surface area contributed by atoms with Crippen LogP contribution in [0.1, 0.15) is 29.5 Å². The first kappa shape index (κ1) is 21.5. The van der Waals surface area contributed by atoms with Gasteiger partial charge in [-0.15, -0.1) is 0 Å². The van der Waals surface area contributed by atoms with E-state index in [1.165, 1.54) is 12.1 Å². The van der Waals surface area contributed by atoms with Gasteiger partial charge in [-0.05, 0) is 48.4 Å². The molecule has 0 radical (unpaired) electrons. The fraction of sp³-hybridized carbons (Fsp3) is 0.192. The summed E-state index contributed by atoms with van der Waals surface area (Å²) in [7, 11) is 0. The summed E-state index contributed by atoms with van der Waals surface area (Å²) >= 11 is 0. The Balaban J connectivity index is 1.52. The lowest BCUT2D eigenvalue weighted by Gasteiger charge is -2.27. The van der Waals surface area contributed by atoms with Crippen LogP contribution in [0.2, 0.25) is 0 Å². The lowest BCUT2D eigenvalue weighted by molar-refractivity contribution is 0.174. The van der Waals surface area contributed by atoms with E-state index in [1.54, 1.807) is 30.3 Å². The van der Waals surface area contributed by atoms with Gasteiger partial charge < -0.3 is 29.4 Å². The zero-order chi connectivity index (χ0) is 23.7. The number of benzene rings is 3. The number of hydrogen-bond donors (Lipinski definition) is 1. The average molecular weight is 460 g/mol. The summed E-state index contributed by atoms with van der Waals surface area (Å²) in [4.78, 5) is 0. The van der Waals surface area contributed by atoms with Crippen LogP contribution in [0.4, 0.5) is 4.39 Å². The average Bonchev–Trinajstić information content (AvgIpc) is 3.29. The fourth-order valence-corrected chi connectivity index (χ4v) is 4.07. The number of nitrogens with two attached hydrogens (primary N) is 1. The third-order valence-corrected chi connectivity index (χ3v) is 5.59. The Labute approximate surface area is 195 Å². The first-order valence-electron chi connectivity index (χ1n) is 10.7. The maximum absolute atomic E-state index is 13.5. The summed E-state index contributed by atoms with van der Waals surface area (Å²) in [5.74, 6) is 1.84. The molecule has 2 N–H and O–H groups in total. The summed E-state index contributed by atoms with van der Waals surface area (Å²) in [6.45, 7) is 2.57. The number of rotatable bonds is 6. The molecule has 7 nitrogen and oxygen atoms in total. The van der Waals surface area contributed by atoms with Gasteiger partial charge in [-0.3, -0.25) is 0 Å². The van der Waals surface area contributed by atoms with Crippen molar-refractivity contribution < 1.29 is 28.1 Å². The molecule has 0 fully saturated rings. The van der Waals surface area contributed by atoms with E-state index in [1.807, 2.05) is 19.1 Å². The van der Waals surface area contributed by atoms with Crippen molar-refractivity contribution in [2.45, 2.75) is 19.4 Å². The second-order valence-electron chi connectivity index (χ2n) is 7.73. The van der Waals surface area contributed by atoms with Gasteiger partial charge in [0.2, 0.25) is 12.7 Å². The number of nitrogens with zero attached hydrogens (tertiary/aromatic N) is 1. The molecule has 3 aromatic carbocycles. The van der Waals surface area contributed by atoms with Gasteiger partial charge in [-0.2, -0.15) is 5.26 Å².